The molecule has 1 aromatic carbocycles. The van der Waals surface area contributed by atoms with E-state index in [-0.39, 0.29) is 5.91 Å². The van der Waals surface area contributed by atoms with Gasteiger partial charge in [0, 0.05) is 44.3 Å². The number of piperazine rings is 1. The quantitative estimate of drug-likeness (QED) is 0.938. The Morgan fingerprint density at radius 2 is 1.65 bits per heavy atom. The second-order valence-electron chi connectivity index (χ2n) is 5.88. The molecule has 6 heteroatoms. The summed E-state index contributed by atoms with van der Waals surface area (Å²) in [5.41, 5.74) is 2.65. The molecule has 1 saturated heterocycles. The zero-order valence-electron chi connectivity index (χ0n) is 13.5. The molecular formula is C17H21N5O. The van der Waals surface area contributed by atoms with Crippen LogP contribution in [0.2, 0.25) is 0 Å². The maximum Gasteiger partial charge on any atom is 0.257 e. The Morgan fingerprint density at radius 3 is 2.26 bits per heavy atom. The molecule has 0 spiro atoms. The maximum absolute atomic E-state index is 12.4. The van der Waals surface area contributed by atoms with Gasteiger partial charge in [0.1, 0.15) is 0 Å². The minimum atomic E-state index is -0.0000131. The van der Waals surface area contributed by atoms with E-state index in [2.05, 4.69) is 27.2 Å². The van der Waals surface area contributed by atoms with Crippen LogP contribution in [0, 0.1) is 6.92 Å². The lowest BCUT2D eigenvalue weighted by Crippen LogP contribution is -2.47. The third-order valence-electron chi connectivity index (χ3n) is 4.00. The highest BCUT2D eigenvalue weighted by molar-refractivity contribution is 5.93. The summed E-state index contributed by atoms with van der Waals surface area (Å²) in [7, 11) is 2.07. The van der Waals surface area contributed by atoms with Crippen LogP contribution in [0.3, 0.4) is 0 Å². The van der Waals surface area contributed by atoms with Crippen molar-refractivity contribution in [3.8, 4) is 0 Å². The number of rotatable bonds is 3. The highest BCUT2D eigenvalue weighted by atomic mass is 16.2. The van der Waals surface area contributed by atoms with E-state index in [4.69, 9.17) is 0 Å². The summed E-state index contributed by atoms with van der Waals surface area (Å²) in [5.74, 6) is 0.490. The number of hydrogen-bond donors (Lipinski definition) is 1. The standard InChI is InChI=1S/C17H21N5O/c1-13-3-5-15(6-4-13)20-17-18-11-14(12-19-17)16(23)22-9-7-21(2)8-10-22/h3-6,11-12H,7-10H2,1-2H3,(H,18,19,20). The molecule has 2 aromatic rings. The van der Waals surface area contributed by atoms with Crippen LogP contribution in [0.25, 0.3) is 0 Å². The molecule has 120 valence electrons. The van der Waals surface area contributed by atoms with Crippen LogP contribution in [0.5, 0.6) is 0 Å². The minimum Gasteiger partial charge on any atom is -0.336 e. The van der Waals surface area contributed by atoms with Gasteiger partial charge in [-0.2, -0.15) is 0 Å². The van der Waals surface area contributed by atoms with E-state index in [1.807, 2.05) is 36.1 Å². The van der Waals surface area contributed by atoms with Gasteiger partial charge in [-0.15, -0.1) is 0 Å². The van der Waals surface area contributed by atoms with Crippen molar-refractivity contribution < 1.29 is 4.79 Å². The summed E-state index contributed by atoms with van der Waals surface area (Å²) in [6.07, 6.45) is 3.17. The third kappa shape index (κ3) is 3.84. The molecule has 1 aliphatic rings. The fourth-order valence-corrected chi connectivity index (χ4v) is 2.46. The van der Waals surface area contributed by atoms with Gasteiger partial charge in [-0.25, -0.2) is 9.97 Å². The van der Waals surface area contributed by atoms with E-state index in [1.165, 1.54) is 5.56 Å². The second kappa shape index (κ2) is 6.75. The minimum absolute atomic E-state index is 0.0000131. The molecular weight excluding hydrogens is 290 g/mol. The Balaban J connectivity index is 1.64. The molecule has 1 N–H and O–H groups in total. The van der Waals surface area contributed by atoms with Crippen LogP contribution in [-0.2, 0) is 0 Å². The molecule has 23 heavy (non-hydrogen) atoms. The normalized spacial score (nSPS) is 15.5. The number of aromatic nitrogens is 2. The van der Waals surface area contributed by atoms with Crippen molar-refractivity contribution in [1.82, 2.24) is 19.8 Å². The van der Waals surface area contributed by atoms with Crippen molar-refractivity contribution in [2.24, 2.45) is 0 Å². The highest BCUT2D eigenvalue weighted by Gasteiger charge is 2.20. The van der Waals surface area contributed by atoms with Crippen LogP contribution in [0.15, 0.2) is 36.7 Å². The number of likely N-dealkylation sites (N-methyl/N-ethyl adjacent to an activating group) is 1. The lowest BCUT2D eigenvalue weighted by molar-refractivity contribution is 0.0663. The monoisotopic (exact) mass is 311 g/mol. The molecule has 1 fully saturated rings. The Bertz CT molecular complexity index is 660. The average Bonchev–Trinajstić information content (AvgIpc) is 2.58. The van der Waals surface area contributed by atoms with Gasteiger partial charge in [-0.05, 0) is 26.1 Å². The first kappa shape index (κ1) is 15.4. The van der Waals surface area contributed by atoms with Crippen LogP contribution in [-0.4, -0.2) is 58.9 Å². The van der Waals surface area contributed by atoms with Gasteiger partial charge in [0.25, 0.3) is 5.91 Å². The summed E-state index contributed by atoms with van der Waals surface area (Å²) in [6, 6.07) is 7.99. The molecule has 2 heterocycles. The number of nitrogens with zero attached hydrogens (tertiary/aromatic N) is 4. The molecule has 0 radical (unpaired) electrons. The first-order valence-electron chi connectivity index (χ1n) is 7.75. The number of amides is 1. The molecule has 1 aromatic heterocycles. The van der Waals surface area contributed by atoms with Crippen molar-refractivity contribution in [3.63, 3.8) is 0 Å². The Labute approximate surface area is 136 Å². The van der Waals surface area contributed by atoms with Gasteiger partial charge < -0.3 is 15.1 Å². The van der Waals surface area contributed by atoms with Crippen LogP contribution in [0.4, 0.5) is 11.6 Å². The van der Waals surface area contributed by atoms with Crippen molar-refractivity contribution in [2.45, 2.75) is 6.92 Å². The van der Waals surface area contributed by atoms with Crippen molar-refractivity contribution in [1.29, 1.82) is 0 Å². The fraction of sp³-hybridized carbons (Fsp3) is 0.353. The molecule has 3 rings (SSSR count). The molecule has 0 saturated carbocycles. The summed E-state index contributed by atoms with van der Waals surface area (Å²) in [6.45, 7) is 5.34. The van der Waals surface area contributed by atoms with Gasteiger partial charge >= 0.3 is 0 Å². The van der Waals surface area contributed by atoms with Crippen LogP contribution in [0.1, 0.15) is 15.9 Å². The van der Waals surface area contributed by atoms with Crippen LogP contribution < -0.4 is 5.32 Å². The van der Waals surface area contributed by atoms with E-state index in [0.29, 0.717) is 11.5 Å². The van der Waals surface area contributed by atoms with E-state index < -0.39 is 0 Å². The highest BCUT2D eigenvalue weighted by Crippen LogP contribution is 2.14. The van der Waals surface area contributed by atoms with Crippen molar-refractivity contribution in [2.75, 3.05) is 38.5 Å². The lowest BCUT2D eigenvalue weighted by atomic mass is 10.2. The zero-order chi connectivity index (χ0) is 16.2. The number of nitrogens with one attached hydrogen (secondary N) is 1. The number of benzene rings is 1. The number of anilines is 2. The zero-order valence-corrected chi connectivity index (χ0v) is 13.5. The molecule has 6 nitrogen and oxygen atoms in total. The SMILES string of the molecule is Cc1ccc(Nc2ncc(C(=O)N3CCN(C)CC3)cn2)cc1. The summed E-state index contributed by atoms with van der Waals surface area (Å²) >= 11 is 0. The van der Waals surface area contributed by atoms with Crippen LogP contribution >= 0.6 is 0 Å². The van der Waals surface area contributed by atoms with Gasteiger partial charge in [-0.1, -0.05) is 17.7 Å². The number of carbonyl (C=O) groups excluding carboxylic acids is 1. The van der Waals surface area contributed by atoms with E-state index in [9.17, 15) is 4.79 Å². The Morgan fingerprint density at radius 1 is 1.04 bits per heavy atom. The van der Waals surface area contributed by atoms with Crippen molar-refractivity contribution >= 4 is 17.5 Å². The fourth-order valence-electron chi connectivity index (χ4n) is 2.46. The average molecular weight is 311 g/mol. The third-order valence-corrected chi connectivity index (χ3v) is 4.00. The molecule has 0 atom stereocenters. The smallest absolute Gasteiger partial charge is 0.257 e. The number of aryl methyl sites for hydroxylation is 1. The number of carbonyl (C=O) groups is 1. The van der Waals surface area contributed by atoms with E-state index in [0.717, 1.165) is 31.9 Å². The Kier molecular flexibility index (Phi) is 4.52. The maximum atomic E-state index is 12.4. The summed E-state index contributed by atoms with van der Waals surface area (Å²) in [5, 5.41) is 3.13. The lowest BCUT2D eigenvalue weighted by Gasteiger charge is -2.32. The topological polar surface area (TPSA) is 61.4 Å². The second-order valence-corrected chi connectivity index (χ2v) is 5.88. The predicted molar refractivity (Wildman–Crippen MR) is 89.9 cm³/mol. The van der Waals surface area contributed by atoms with E-state index >= 15 is 0 Å². The first-order valence-corrected chi connectivity index (χ1v) is 7.75. The van der Waals surface area contributed by atoms with Gasteiger partial charge in [-0.3, -0.25) is 4.79 Å². The van der Waals surface area contributed by atoms with E-state index in [1.54, 1.807) is 12.4 Å². The Hall–Kier alpha value is -2.47. The molecule has 1 aliphatic heterocycles. The largest absolute Gasteiger partial charge is 0.336 e. The summed E-state index contributed by atoms with van der Waals surface area (Å²) < 4.78 is 0. The summed E-state index contributed by atoms with van der Waals surface area (Å²) in [4.78, 5) is 25.0. The van der Waals surface area contributed by atoms with Gasteiger partial charge in [0.15, 0.2) is 0 Å². The van der Waals surface area contributed by atoms with Crippen molar-refractivity contribution in [3.05, 3.63) is 47.8 Å². The van der Waals surface area contributed by atoms with Gasteiger partial charge in [0.05, 0.1) is 5.56 Å². The van der Waals surface area contributed by atoms with Gasteiger partial charge in [0.2, 0.25) is 5.95 Å². The number of hydrogen-bond acceptors (Lipinski definition) is 5. The molecule has 0 aliphatic carbocycles. The first-order chi connectivity index (χ1) is 11.1. The molecule has 1 amide bonds. The molecule has 0 unspecified atom stereocenters. The molecule has 0 bridgehead atoms. The predicted octanol–water partition coefficient (Wildman–Crippen LogP) is 1.92.